The lowest BCUT2D eigenvalue weighted by atomic mass is 10.3. The third kappa shape index (κ3) is 2.66. The molecule has 4 heteroatoms. The van der Waals surface area contributed by atoms with Gasteiger partial charge < -0.3 is 4.74 Å². The molecule has 1 nitrogen and oxygen atoms in total. The molecule has 0 aliphatic carbocycles. The van der Waals surface area contributed by atoms with Gasteiger partial charge in [-0.05, 0) is 12.1 Å². The van der Waals surface area contributed by atoms with E-state index >= 15 is 0 Å². The first kappa shape index (κ1) is 9.26. The van der Waals surface area contributed by atoms with E-state index in [2.05, 4.69) is 4.74 Å². The molecule has 0 saturated heterocycles. The van der Waals surface area contributed by atoms with Crippen molar-refractivity contribution in [2.75, 3.05) is 5.88 Å². The van der Waals surface area contributed by atoms with Crippen molar-refractivity contribution in [2.24, 2.45) is 0 Å². The van der Waals surface area contributed by atoms with E-state index in [0.717, 1.165) is 0 Å². The topological polar surface area (TPSA) is 9.23 Å². The molecule has 0 heterocycles. The highest BCUT2D eigenvalue weighted by Gasteiger charge is 2.29. The molecule has 0 saturated carbocycles. The second-order valence-corrected chi connectivity index (χ2v) is 2.45. The van der Waals surface area contributed by atoms with E-state index in [1.165, 1.54) is 12.1 Å². The van der Waals surface area contributed by atoms with Gasteiger partial charge in [0.15, 0.2) is 0 Å². The highest BCUT2D eigenvalue weighted by molar-refractivity contribution is 6.18. The largest absolute Gasteiger partial charge is 0.432 e. The van der Waals surface area contributed by atoms with Gasteiger partial charge in [-0.25, -0.2) is 0 Å². The third-order valence-corrected chi connectivity index (χ3v) is 1.48. The standard InChI is InChI=1S/C8H7ClF2O/c9-6-8(10,11)12-7-4-2-1-3-5-7/h1-5H,6H2. The normalized spacial score (nSPS) is 11.2. The van der Waals surface area contributed by atoms with E-state index in [9.17, 15) is 8.78 Å². The Morgan fingerprint density at radius 1 is 1.25 bits per heavy atom. The van der Waals surface area contributed by atoms with Gasteiger partial charge in [-0.15, -0.1) is 11.6 Å². The highest BCUT2D eigenvalue weighted by atomic mass is 35.5. The minimum absolute atomic E-state index is 0.114. The summed E-state index contributed by atoms with van der Waals surface area (Å²) in [6.07, 6.45) is -3.29. The summed E-state index contributed by atoms with van der Waals surface area (Å²) in [5.74, 6) is -0.731. The number of halogens is 3. The summed E-state index contributed by atoms with van der Waals surface area (Å²) < 4.78 is 29.3. The van der Waals surface area contributed by atoms with Crippen LogP contribution in [0.2, 0.25) is 0 Å². The smallest absolute Gasteiger partial charge is 0.411 e. The van der Waals surface area contributed by atoms with E-state index in [-0.39, 0.29) is 5.75 Å². The fourth-order valence-electron chi connectivity index (χ4n) is 0.688. The Labute approximate surface area is 73.9 Å². The van der Waals surface area contributed by atoms with Crippen LogP contribution in [0.5, 0.6) is 5.75 Å². The van der Waals surface area contributed by atoms with Gasteiger partial charge in [-0.2, -0.15) is 8.78 Å². The van der Waals surface area contributed by atoms with Gasteiger partial charge in [-0.3, -0.25) is 0 Å². The van der Waals surface area contributed by atoms with Crippen molar-refractivity contribution >= 4 is 11.6 Å². The lowest BCUT2D eigenvalue weighted by Crippen LogP contribution is -2.26. The number of hydrogen-bond donors (Lipinski definition) is 0. The summed E-state index contributed by atoms with van der Waals surface area (Å²) in [5.41, 5.74) is 0. The van der Waals surface area contributed by atoms with Crippen molar-refractivity contribution in [1.82, 2.24) is 0 Å². The van der Waals surface area contributed by atoms with E-state index in [1.807, 2.05) is 0 Å². The average molecular weight is 193 g/mol. The maximum absolute atomic E-state index is 12.5. The zero-order valence-electron chi connectivity index (χ0n) is 6.14. The van der Waals surface area contributed by atoms with Crippen LogP contribution in [0.25, 0.3) is 0 Å². The predicted molar refractivity (Wildman–Crippen MR) is 42.7 cm³/mol. The lowest BCUT2D eigenvalue weighted by Gasteiger charge is -2.14. The Morgan fingerprint density at radius 3 is 2.33 bits per heavy atom. The molecule has 0 aliphatic heterocycles. The van der Waals surface area contributed by atoms with Gasteiger partial charge >= 0.3 is 6.11 Å². The number of rotatable bonds is 3. The van der Waals surface area contributed by atoms with Crippen molar-refractivity contribution in [3.8, 4) is 5.75 Å². The molecule has 0 amide bonds. The van der Waals surface area contributed by atoms with Crippen LogP contribution in [0, 0.1) is 0 Å². The van der Waals surface area contributed by atoms with Gasteiger partial charge in [0.2, 0.25) is 0 Å². The van der Waals surface area contributed by atoms with Gasteiger partial charge in [0.25, 0.3) is 0 Å². The Hall–Kier alpha value is -0.830. The Morgan fingerprint density at radius 2 is 1.83 bits per heavy atom. The van der Waals surface area contributed by atoms with Crippen LogP contribution in [0.15, 0.2) is 30.3 Å². The summed E-state index contributed by atoms with van der Waals surface area (Å²) in [6.45, 7) is 0. The summed E-state index contributed by atoms with van der Waals surface area (Å²) in [7, 11) is 0. The van der Waals surface area contributed by atoms with Crippen LogP contribution in [0.4, 0.5) is 8.78 Å². The third-order valence-electron chi connectivity index (χ3n) is 1.17. The minimum Gasteiger partial charge on any atom is -0.432 e. The summed E-state index contributed by atoms with van der Waals surface area (Å²) >= 11 is 4.97. The van der Waals surface area contributed by atoms with Crippen LogP contribution in [-0.2, 0) is 0 Å². The van der Waals surface area contributed by atoms with Crippen LogP contribution < -0.4 is 4.74 Å². The van der Waals surface area contributed by atoms with Gasteiger partial charge in [-0.1, -0.05) is 18.2 Å². The lowest BCUT2D eigenvalue weighted by molar-refractivity contribution is -0.155. The van der Waals surface area contributed by atoms with E-state index in [0.29, 0.717) is 0 Å². The summed E-state index contributed by atoms with van der Waals surface area (Å²) in [4.78, 5) is 0. The van der Waals surface area contributed by atoms with Crippen molar-refractivity contribution in [3.05, 3.63) is 30.3 Å². The average Bonchev–Trinajstić information content (AvgIpc) is 2.06. The molecular weight excluding hydrogens is 186 g/mol. The van der Waals surface area contributed by atoms with Crippen LogP contribution >= 0.6 is 11.6 Å². The van der Waals surface area contributed by atoms with Crippen LogP contribution in [0.3, 0.4) is 0 Å². The molecule has 66 valence electrons. The molecule has 0 atom stereocenters. The van der Waals surface area contributed by atoms with Crippen molar-refractivity contribution in [2.45, 2.75) is 6.11 Å². The molecule has 0 aromatic heterocycles. The maximum atomic E-state index is 12.5. The second-order valence-electron chi connectivity index (χ2n) is 2.19. The van der Waals surface area contributed by atoms with Crippen molar-refractivity contribution in [3.63, 3.8) is 0 Å². The molecule has 0 aliphatic rings. The maximum Gasteiger partial charge on any atom is 0.411 e. The Kier molecular flexibility index (Phi) is 2.87. The molecule has 1 rings (SSSR count). The number of para-hydroxylation sites is 1. The van der Waals surface area contributed by atoms with Gasteiger partial charge in [0.05, 0.1) is 0 Å². The molecule has 0 N–H and O–H groups in total. The number of hydrogen-bond acceptors (Lipinski definition) is 1. The fourth-order valence-corrected chi connectivity index (χ4v) is 0.743. The highest BCUT2D eigenvalue weighted by Crippen LogP contribution is 2.21. The minimum atomic E-state index is -3.29. The van der Waals surface area contributed by atoms with Crippen LogP contribution in [-0.4, -0.2) is 12.0 Å². The first-order chi connectivity index (χ1) is 5.64. The van der Waals surface area contributed by atoms with E-state index < -0.39 is 12.0 Å². The molecule has 0 spiro atoms. The molecule has 0 unspecified atom stereocenters. The van der Waals surface area contributed by atoms with E-state index in [4.69, 9.17) is 11.6 Å². The quantitative estimate of drug-likeness (QED) is 0.670. The Bertz CT molecular complexity index is 238. The van der Waals surface area contributed by atoms with E-state index in [1.54, 1.807) is 18.2 Å². The molecule has 0 bridgehead atoms. The molecule has 12 heavy (non-hydrogen) atoms. The van der Waals surface area contributed by atoms with Gasteiger partial charge in [0.1, 0.15) is 11.6 Å². The van der Waals surface area contributed by atoms with Gasteiger partial charge in [0, 0.05) is 0 Å². The molecule has 0 fully saturated rings. The zero-order valence-corrected chi connectivity index (χ0v) is 6.89. The summed E-state index contributed by atoms with van der Waals surface area (Å²) in [6, 6.07) is 7.83. The number of benzene rings is 1. The zero-order chi connectivity index (χ0) is 9.03. The number of alkyl halides is 3. The SMILES string of the molecule is FC(F)(CCl)Oc1ccccc1. The number of ether oxygens (including phenoxy) is 1. The first-order valence-electron chi connectivity index (χ1n) is 3.32. The van der Waals surface area contributed by atoms with Crippen molar-refractivity contribution in [1.29, 1.82) is 0 Å². The fraction of sp³-hybridized carbons (Fsp3) is 0.250. The monoisotopic (exact) mass is 192 g/mol. The molecular formula is C8H7ClF2O. The Balaban J connectivity index is 2.64. The predicted octanol–water partition coefficient (Wildman–Crippen LogP) is 2.90. The summed E-state index contributed by atoms with van der Waals surface area (Å²) in [5, 5.41) is 0. The molecule has 1 aromatic carbocycles. The molecule has 0 radical (unpaired) electrons. The molecule has 1 aromatic rings. The van der Waals surface area contributed by atoms with Crippen LogP contribution in [0.1, 0.15) is 0 Å². The first-order valence-corrected chi connectivity index (χ1v) is 3.85. The van der Waals surface area contributed by atoms with Crippen molar-refractivity contribution < 1.29 is 13.5 Å². The second kappa shape index (κ2) is 3.72.